The van der Waals surface area contributed by atoms with Gasteiger partial charge in [0.05, 0.1) is 41.0 Å². The van der Waals surface area contributed by atoms with Crippen LogP contribution >= 0.6 is 0 Å². The lowest BCUT2D eigenvalue weighted by atomic mass is 10.1. The quantitative estimate of drug-likeness (QED) is 0.356. The van der Waals surface area contributed by atoms with E-state index in [1.165, 1.54) is 18.4 Å². The monoisotopic (exact) mass is 461 g/mol. The molecule has 1 aromatic carbocycles. The third kappa shape index (κ3) is 3.59. The minimum Gasteiger partial charge on any atom is -0.472 e. The van der Waals surface area contributed by atoms with Gasteiger partial charge in [0.15, 0.2) is 5.82 Å². The van der Waals surface area contributed by atoms with Crippen LogP contribution in [0.1, 0.15) is 18.4 Å². The van der Waals surface area contributed by atoms with Crippen molar-refractivity contribution in [1.29, 1.82) is 0 Å². The van der Waals surface area contributed by atoms with Gasteiger partial charge in [-0.25, -0.2) is 4.98 Å². The molecule has 0 unspecified atom stereocenters. The molecule has 0 atom stereocenters. The van der Waals surface area contributed by atoms with Gasteiger partial charge in [-0.2, -0.15) is 5.10 Å². The van der Waals surface area contributed by atoms with E-state index in [0.717, 1.165) is 69.6 Å². The predicted molar refractivity (Wildman–Crippen MR) is 134 cm³/mol. The van der Waals surface area contributed by atoms with Gasteiger partial charge in [-0.3, -0.25) is 20.0 Å². The highest BCUT2D eigenvalue weighted by atomic mass is 16.3. The SMILES string of the molecule is c1cc(-c2ccoc2)c2nc(-c3n[nH]c4cnc(-c5cncc(CN6CCCC6)c5)cc34)[nH]c2c1. The highest BCUT2D eigenvalue weighted by Gasteiger charge is 2.17. The van der Waals surface area contributed by atoms with Crippen molar-refractivity contribution in [1.82, 2.24) is 35.0 Å². The number of pyridine rings is 2. The second kappa shape index (κ2) is 8.18. The molecule has 0 radical (unpaired) electrons. The largest absolute Gasteiger partial charge is 0.472 e. The van der Waals surface area contributed by atoms with Crippen LogP contribution in [0.3, 0.4) is 0 Å². The number of aromatic amines is 2. The minimum atomic E-state index is 0.709. The first-order valence-corrected chi connectivity index (χ1v) is 11.8. The van der Waals surface area contributed by atoms with Gasteiger partial charge >= 0.3 is 0 Å². The summed E-state index contributed by atoms with van der Waals surface area (Å²) in [5, 5.41) is 8.64. The van der Waals surface area contributed by atoms with E-state index in [2.05, 4.69) is 42.2 Å². The van der Waals surface area contributed by atoms with Crippen LogP contribution in [0.5, 0.6) is 0 Å². The zero-order valence-corrected chi connectivity index (χ0v) is 19.0. The van der Waals surface area contributed by atoms with Crippen molar-refractivity contribution in [3.05, 3.63) is 73.1 Å². The molecule has 172 valence electrons. The molecular formula is C27H23N7O. The van der Waals surface area contributed by atoms with Crippen molar-refractivity contribution in [2.45, 2.75) is 19.4 Å². The zero-order valence-electron chi connectivity index (χ0n) is 19.0. The number of hydrogen-bond acceptors (Lipinski definition) is 6. The highest BCUT2D eigenvalue weighted by molar-refractivity contribution is 5.97. The molecule has 1 fully saturated rings. The summed E-state index contributed by atoms with van der Waals surface area (Å²) >= 11 is 0. The molecule has 0 bridgehead atoms. The normalized spacial score (nSPS) is 14.4. The molecule has 1 aliphatic rings. The average molecular weight is 462 g/mol. The summed E-state index contributed by atoms with van der Waals surface area (Å²) in [4.78, 5) is 20.0. The molecule has 6 heterocycles. The second-order valence-corrected chi connectivity index (χ2v) is 9.05. The van der Waals surface area contributed by atoms with Crippen molar-refractivity contribution in [2.24, 2.45) is 0 Å². The molecule has 6 aromatic rings. The average Bonchev–Trinajstić information content (AvgIpc) is 3.70. The number of hydrogen-bond donors (Lipinski definition) is 2. The lowest BCUT2D eigenvalue weighted by Gasteiger charge is -2.14. The number of nitrogens with one attached hydrogen (secondary N) is 2. The van der Waals surface area contributed by atoms with Gasteiger partial charge in [-0.05, 0) is 55.8 Å². The van der Waals surface area contributed by atoms with E-state index in [4.69, 9.17) is 9.40 Å². The van der Waals surface area contributed by atoms with E-state index < -0.39 is 0 Å². The van der Waals surface area contributed by atoms with Crippen molar-refractivity contribution in [3.8, 4) is 33.9 Å². The number of imidazole rings is 1. The van der Waals surface area contributed by atoms with E-state index in [-0.39, 0.29) is 0 Å². The molecule has 7 rings (SSSR count). The van der Waals surface area contributed by atoms with Crippen LogP contribution in [0.2, 0.25) is 0 Å². The Morgan fingerprint density at radius 3 is 2.80 bits per heavy atom. The summed E-state index contributed by atoms with van der Waals surface area (Å²) in [6.45, 7) is 3.25. The van der Waals surface area contributed by atoms with Crippen LogP contribution in [0.15, 0.2) is 71.9 Å². The number of para-hydroxylation sites is 1. The molecular weight excluding hydrogens is 438 g/mol. The van der Waals surface area contributed by atoms with Crippen LogP contribution in [-0.4, -0.2) is 48.1 Å². The topological polar surface area (TPSA) is 99.5 Å². The summed E-state index contributed by atoms with van der Waals surface area (Å²) < 4.78 is 5.28. The molecule has 8 heteroatoms. The second-order valence-electron chi connectivity index (χ2n) is 9.05. The maximum absolute atomic E-state index is 5.28. The van der Waals surface area contributed by atoms with Gasteiger partial charge in [0.2, 0.25) is 0 Å². The first kappa shape index (κ1) is 20.1. The maximum Gasteiger partial charge on any atom is 0.159 e. The Morgan fingerprint density at radius 2 is 1.91 bits per heavy atom. The number of H-pyrrole nitrogens is 2. The van der Waals surface area contributed by atoms with E-state index in [9.17, 15) is 0 Å². The Morgan fingerprint density at radius 1 is 0.971 bits per heavy atom. The molecule has 5 aromatic heterocycles. The van der Waals surface area contributed by atoms with Crippen molar-refractivity contribution in [3.63, 3.8) is 0 Å². The third-order valence-electron chi connectivity index (χ3n) is 6.71. The molecule has 1 saturated heterocycles. The fraction of sp³-hybridized carbons (Fsp3) is 0.185. The summed E-state index contributed by atoms with van der Waals surface area (Å²) in [5.74, 6) is 0.709. The molecule has 8 nitrogen and oxygen atoms in total. The van der Waals surface area contributed by atoms with Gasteiger partial charge < -0.3 is 9.40 Å². The summed E-state index contributed by atoms with van der Waals surface area (Å²) in [6.07, 6.45) is 11.6. The van der Waals surface area contributed by atoms with E-state index in [1.807, 2.05) is 42.9 Å². The Bertz CT molecular complexity index is 1640. The van der Waals surface area contributed by atoms with Crippen LogP contribution in [0.25, 0.3) is 55.8 Å². The fourth-order valence-corrected chi connectivity index (χ4v) is 4.96. The molecule has 0 spiro atoms. The third-order valence-corrected chi connectivity index (χ3v) is 6.71. The molecule has 0 saturated carbocycles. The van der Waals surface area contributed by atoms with E-state index in [1.54, 1.807) is 12.5 Å². The van der Waals surface area contributed by atoms with E-state index in [0.29, 0.717) is 5.82 Å². The number of fused-ring (bicyclic) bond motifs is 2. The van der Waals surface area contributed by atoms with Crippen molar-refractivity contribution < 1.29 is 4.42 Å². The Labute approximate surface area is 201 Å². The van der Waals surface area contributed by atoms with Crippen LogP contribution in [0.4, 0.5) is 0 Å². The van der Waals surface area contributed by atoms with Crippen molar-refractivity contribution >= 4 is 21.9 Å². The maximum atomic E-state index is 5.28. The Balaban J connectivity index is 1.28. The van der Waals surface area contributed by atoms with Crippen LogP contribution in [0, 0.1) is 0 Å². The minimum absolute atomic E-state index is 0.709. The Hall–Kier alpha value is -4.30. The van der Waals surface area contributed by atoms with Crippen LogP contribution < -0.4 is 0 Å². The molecule has 2 N–H and O–H groups in total. The summed E-state index contributed by atoms with van der Waals surface area (Å²) in [5.41, 5.74) is 8.54. The highest BCUT2D eigenvalue weighted by Crippen LogP contribution is 2.32. The number of nitrogens with zero attached hydrogens (tertiary/aromatic N) is 5. The Kier molecular flexibility index (Phi) is 4.70. The standard InChI is InChI=1S/C27H23N7O/c1-2-8-34(7-1)15-17-10-19(13-28-12-17)23-11-21-24(14-29-23)32-33-26(21)27-30-22-5-3-4-20(25(22)31-27)18-6-9-35-16-18/h3-6,9-14,16H,1-2,7-8,15H2,(H,30,31)(H,32,33). The summed E-state index contributed by atoms with van der Waals surface area (Å²) in [7, 11) is 0. The van der Waals surface area contributed by atoms with Gasteiger partial charge in [0.25, 0.3) is 0 Å². The zero-order chi connectivity index (χ0) is 23.2. The first-order valence-electron chi connectivity index (χ1n) is 11.8. The number of aromatic nitrogens is 6. The fourth-order valence-electron chi connectivity index (χ4n) is 4.96. The number of likely N-dealkylation sites (tertiary alicyclic amines) is 1. The van der Waals surface area contributed by atoms with Gasteiger partial charge in [-0.15, -0.1) is 0 Å². The predicted octanol–water partition coefficient (Wildman–Crippen LogP) is 5.42. The number of benzene rings is 1. The number of rotatable bonds is 5. The number of furan rings is 1. The van der Waals surface area contributed by atoms with Crippen molar-refractivity contribution in [2.75, 3.05) is 13.1 Å². The first-order chi connectivity index (χ1) is 17.3. The lowest BCUT2D eigenvalue weighted by molar-refractivity contribution is 0.331. The van der Waals surface area contributed by atoms with Crippen LogP contribution in [-0.2, 0) is 6.54 Å². The van der Waals surface area contributed by atoms with Gasteiger partial charge in [0.1, 0.15) is 5.69 Å². The van der Waals surface area contributed by atoms with Gasteiger partial charge in [0, 0.05) is 41.0 Å². The smallest absolute Gasteiger partial charge is 0.159 e. The molecule has 0 aliphatic carbocycles. The molecule has 0 amide bonds. The molecule has 35 heavy (non-hydrogen) atoms. The van der Waals surface area contributed by atoms with E-state index >= 15 is 0 Å². The lowest BCUT2D eigenvalue weighted by Crippen LogP contribution is -2.18. The summed E-state index contributed by atoms with van der Waals surface area (Å²) in [6, 6.07) is 12.3. The molecule has 1 aliphatic heterocycles. The van der Waals surface area contributed by atoms with Gasteiger partial charge in [-0.1, -0.05) is 12.1 Å².